The van der Waals surface area contributed by atoms with E-state index < -0.39 is 0 Å². The molecule has 3 nitrogen and oxygen atoms in total. The number of anilines is 1. The third kappa shape index (κ3) is 2.55. The Bertz CT molecular complexity index is 375. The minimum absolute atomic E-state index is 0.0812. The van der Waals surface area contributed by atoms with Crippen molar-refractivity contribution < 1.29 is 9.53 Å². The summed E-state index contributed by atoms with van der Waals surface area (Å²) in [7, 11) is 0. The van der Waals surface area contributed by atoms with E-state index in [2.05, 4.69) is 6.92 Å². The summed E-state index contributed by atoms with van der Waals surface area (Å²) in [6.07, 6.45) is 4.45. The molecule has 1 heterocycles. The molecule has 1 saturated carbocycles. The van der Waals surface area contributed by atoms with E-state index in [0.29, 0.717) is 16.5 Å². The summed E-state index contributed by atoms with van der Waals surface area (Å²) in [6.45, 7) is 2.21. The van der Waals surface area contributed by atoms with E-state index in [9.17, 15) is 4.79 Å². The van der Waals surface area contributed by atoms with Crippen LogP contribution in [0, 0.1) is 5.92 Å². The largest absolute Gasteiger partial charge is 0.458 e. The number of esters is 1. The first-order valence-corrected chi connectivity index (χ1v) is 6.58. The van der Waals surface area contributed by atoms with Crippen molar-refractivity contribution in [2.24, 2.45) is 5.92 Å². The van der Waals surface area contributed by atoms with Gasteiger partial charge in [-0.25, -0.2) is 4.79 Å². The molecule has 1 aromatic heterocycles. The Balaban J connectivity index is 1.95. The van der Waals surface area contributed by atoms with Gasteiger partial charge in [0.1, 0.15) is 11.0 Å². The second kappa shape index (κ2) is 4.87. The summed E-state index contributed by atoms with van der Waals surface area (Å²) in [5.41, 5.74) is 6.21. The van der Waals surface area contributed by atoms with E-state index in [1.165, 1.54) is 17.8 Å². The molecule has 0 saturated heterocycles. The molecule has 2 atom stereocenters. The van der Waals surface area contributed by atoms with E-state index in [-0.39, 0.29) is 12.1 Å². The average Bonchev–Trinajstić information content (AvgIpc) is 2.64. The first-order valence-electron chi connectivity index (χ1n) is 5.70. The Hall–Kier alpha value is -1.03. The zero-order valence-corrected chi connectivity index (χ0v) is 10.3. The van der Waals surface area contributed by atoms with Gasteiger partial charge in [0.25, 0.3) is 0 Å². The molecule has 16 heavy (non-hydrogen) atoms. The Morgan fingerprint density at radius 3 is 3.00 bits per heavy atom. The lowest BCUT2D eigenvalue weighted by molar-refractivity contribution is 0.0162. The third-order valence-electron chi connectivity index (χ3n) is 3.04. The SMILES string of the molecule is CC1CCCC(OC(=O)c2sccc2N)C1. The van der Waals surface area contributed by atoms with Crippen LogP contribution in [0.15, 0.2) is 11.4 Å². The number of carbonyl (C=O) groups excluding carboxylic acids is 1. The molecule has 1 aliphatic rings. The van der Waals surface area contributed by atoms with E-state index in [0.717, 1.165) is 19.3 Å². The van der Waals surface area contributed by atoms with Crippen LogP contribution in [-0.4, -0.2) is 12.1 Å². The first kappa shape index (κ1) is 11.5. The molecule has 0 aliphatic heterocycles. The summed E-state index contributed by atoms with van der Waals surface area (Å²) in [5, 5.41) is 1.81. The predicted molar refractivity (Wildman–Crippen MR) is 65.6 cm³/mol. The fourth-order valence-electron chi connectivity index (χ4n) is 2.18. The average molecular weight is 239 g/mol. The number of carbonyl (C=O) groups is 1. The summed E-state index contributed by atoms with van der Waals surface area (Å²) in [4.78, 5) is 12.3. The van der Waals surface area contributed by atoms with Crippen LogP contribution in [0.5, 0.6) is 0 Å². The molecule has 0 spiro atoms. The lowest BCUT2D eigenvalue weighted by Gasteiger charge is -2.26. The van der Waals surface area contributed by atoms with E-state index in [4.69, 9.17) is 10.5 Å². The maximum Gasteiger partial charge on any atom is 0.350 e. The van der Waals surface area contributed by atoms with Crippen LogP contribution in [0.1, 0.15) is 42.3 Å². The van der Waals surface area contributed by atoms with Gasteiger partial charge in [-0.15, -0.1) is 11.3 Å². The molecule has 2 unspecified atom stereocenters. The topological polar surface area (TPSA) is 52.3 Å². The number of hydrogen-bond acceptors (Lipinski definition) is 4. The van der Waals surface area contributed by atoms with Crippen molar-refractivity contribution in [1.29, 1.82) is 0 Å². The highest BCUT2D eigenvalue weighted by Crippen LogP contribution is 2.28. The van der Waals surface area contributed by atoms with Gasteiger partial charge in [-0.2, -0.15) is 0 Å². The number of nitrogen functional groups attached to an aromatic ring is 1. The van der Waals surface area contributed by atoms with Crippen molar-refractivity contribution in [3.05, 3.63) is 16.3 Å². The summed E-state index contributed by atoms with van der Waals surface area (Å²) in [5.74, 6) is 0.402. The zero-order chi connectivity index (χ0) is 11.5. The number of ether oxygens (including phenoxy) is 1. The smallest absolute Gasteiger partial charge is 0.350 e. The molecular formula is C12H17NO2S. The maximum absolute atomic E-state index is 11.8. The zero-order valence-electron chi connectivity index (χ0n) is 9.44. The van der Waals surface area contributed by atoms with Crippen LogP contribution in [0.3, 0.4) is 0 Å². The normalized spacial score (nSPS) is 25.3. The van der Waals surface area contributed by atoms with E-state index in [1.807, 2.05) is 5.38 Å². The van der Waals surface area contributed by atoms with E-state index in [1.54, 1.807) is 6.07 Å². The fourth-order valence-corrected chi connectivity index (χ4v) is 2.87. The van der Waals surface area contributed by atoms with Crippen LogP contribution in [0.4, 0.5) is 5.69 Å². The van der Waals surface area contributed by atoms with Crippen LogP contribution in [0.2, 0.25) is 0 Å². The van der Waals surface area contributed by atoms with Crippen molar-refractivity contribution >= 4 is 23.0 Å². The molecule has 2 rings (SSSR count). The lowest BCUT2D eigenvalue weighted by Crippen LogP contribution is -2.24. The predicted octanol–water partition coefficient (Wildman–Crippen LogP) is 3.07. The Kier molecular flexibility index (Phi) is 3.49. The molecule has 0 bridgehead atoms. The van der Waals surface area contributed by atoms with Gasteiger partial charge in [0.05, 0.1) is 5.69 Å². The molecule has 1 aliphatic carbocycles. The number of nitrogens with two attached hydrogens (primary N) is 1. The molecule has 88 valence electrons. The number of hydrogen-bond donors (Lipinski definition) is 1. The molecule has 4 heteroatoms. The standard InChI is InChI=1S/C12H17NO2S/c1-8-3-2-4-9(7-8)15-12(14)11-10(13)5-6-16-11/h5-6,8-9H,2-4,7,13H2,1H3. The van der Waals surface area contributed by atoms with Crippen LogP contribution in [-0.2, 0) is 4.74 Å². The number of thiophene rings is 1. The molecule has 1 fully saturated rings. The minimum atomic E-state index is -0.258. The van der Waals surface area contributed by atoms with Gasteiger partial charge < -0.3 is 10.5 Å². The monoisotopic (exact) mass is 239 g/mol. The van der Waals surface area contributed by atoms with Gasteiger partial charge in [-0.05, 0) is 36.6 Å². The van der Waals surface area contributed by atoms with Gasteiger partial charge in [-0.3, -0.25) is 0 Å². The molecule has 0 aromatic carbocycles. The van der Waals surface area contributed by atoms with Gasteiger partial charge >= 0.3 is 5.97 Å². The summed E-state index contributed by atoms with van der Waals surface area (Å²) in [6, 6.07) is 1.74. The molecule has 0 amide bonds. The van der Waals surface area contributed by atoms with Gasteiger partial charge in [0.2, 0.25) is 0 Å². The number of rotatable bonds is 2. The third-order valence-corrected chi connectivity index (χ3v) is 3.95. The van der Waals surface area contributed by atoms with Crippen LogP contribution < -0.4 is 5.73 Å². The maximum atomic E-state index is 11.8. The lowest BCUT2D eigenvalue weighted by atomic mass is 9.89. The highest BCUT2D eigenvalue weighted by Gasteiger charge is 2.23. The summed E-state index contributed by atoms with van der Waals surface area (Å²) < 4.78 is 5.48. The van der Waals surface area contributed by atoms with Crippen molar-refractivity contribution in [3.63, 3.8) is 0 Å². The second-order valence-corrected chi connectivity index (χ2v) is 5.42. The Morgan fingerprint density at radius 1 is 1.56 bits per heavy atom. The fraction of sp³-hybridized carbons (Fsp3) is 0.583. The molecule has 1 aromatic rings. The van der Waals surface area contributed by atoms with Crippen molar-refractivity contribution in [2.75, 3.05) is 5.73 Å². The quantitative estimate of drug-likeness (QED) is 0.807. The van der Waals surface area contributed by atoms with Crippen molar-refractivity contribution in [2.45, 2.75) is 38.7 Å². The summed E-state index contributed by atoms with van der Waals surface area (Å²) >= 11 is 1.35. The molecular weight excluding hydrogens is 222 g/mol. The van der Waals surface area contributed by atoms with Gasteiger partial charge in [0.15, 0.2) is 0 Å². The van der Waals surface area contributed by atoms with Gasteiger partial charge in [0, 0.05) is 0 Å². The van der Waals surface area contributed by atoms with Crippen LogP contribution in [0.25, 0.3) is 0 Å². The second-order valence-electron chi connectivity index (χ2n) is 4.50. The molecule has 0 radical (unpaired) electrons. The Morgan fingerprint density at radius 2 is 2.38 bits per heavy atom. The van der Waals surface area contributed by atoms with Crippen molar-refractivity contribution in [3.8, 4) is 0 Å². The van der Waals surface area contributed by atoms with Crippen LogP contribution >= 0.6 is 11.3 Å². The van der Waals surface area contributed by atoms with Crippen molar-refractivity contribution in [1.82, 2.24) is 0 Å². The molecule has 2 N–H and O–H groups in total. The highest BCUT2D eigenvalue weighted by molar-refractivity contribution is 7.12. The first-order chi connectivity index (χ1) is 7.66. The Labute approximate surface area is 99.6 Å². The van der Waals surface area contributed by atoms with Gasteiger partial charge in [-0.1, -0.05) is 13.3 Å². The highest BCUT2D eigenvalue weighted by atomic mass is 32.1. The minimum Gasteiger partial charge on any atom is -0.458 e. The van der Waals surface area contributed by atoms with E-state index >= 15 is 0 Å².